The second-order valence-corrected chi connectivity index (χ2v) is 8.59. The minimum absolute atomic E-state index is 0.0703. The number of carbonyl (C=O) groups is 1. The number of urea groups is 1. The Balaban J connectivity index is 0.00000176. The van der Waals surface area contributed by atoms with Gasteiger partial charge in [-0.25, -0.2) is 13.6 Å². The van der Waals surface area contributed by atoms with E-state index in [1.165, 1.54) is 0 Å². The third-order valence-electron chi connectivity index (χ3n) is 5.53. The van der Waals surface area contributed by atoms with Crippen LogP contribution < -0.4 is 16.1 Å². The normalized spacial score (nSPS) is 16.2. The maximum atomic E-state index is 14.7. The summed E-state index contributed by atoms with van der Waals surface area (Å²) in [7, 11) is -1.05. The van der Waals surface area contributed by atoms with Crippen molar-refractivity contribution in [2.45, 2.75) is 66.1 Å². The number of halogens is 3. The van der Waals surface area contributed by atoms with Crippen LogP contribution in [0.1, 0.15) is 54.0 Å². The molecule has 174 valence electrons. The Hall–Kier alpha value is -2.16. The highest BCUT2D eigenvalue weighted by Gasteiger charge is 2.52. The highest BCUT2D eigenvalue weighted by Crippen LogP contribution is 2.37. The van der Waals surface area contributed by atoms with Crippen molar-refractivity contribution < 1.29 is 22.9 Å². The van der Waals surface area contributed by atoms with Crippen LogP contribution in [0.15, 0.2) is 30.3 Å². The molecule has 0 unspecified atom stereocenters. The fraction of sp³-hybridized carbons (Fsp3) is 0.435. The molecule has 1 aliphatic heterocycles. The van der Waals surface area contributed by atoms with Gasteiger partial charge in [-0.15, -0.1) is 0 Å². The van der Waals surface area contributed by atoms with Gasteiger partial charge in [-0.3, -0.25) is 0 Å². The number of amides is 2. The molecule has 32 heavy (non-hydrogen) atoms. The molecule has 3 rings (SSSR count). The minimum atomic E-state index is -1.05. The van der Waals surface area contributed by atoms with Gasteiger partial charge in [0.25, 0.3) is 0 Å². The molecule has 2 aromatic rings. The van der Waals surface area contributed by atoms with E-state index in [2.05, 4.69) is 10.6 Å². The number of carbonyl (C=O) groups excluding carboxylic acids is 1. The van der Waals surface area contributed by atoms with Crippen LogP contribution in [0.2, 0.25) is 5.02 Å². The van der Waals surface area contributed by atoms with Gasteiger partial charge in [0.2, 0.25) is 0 Å². The lowest BCUT2D eigenvalue weighted by Gasteiger charge is -2.32. The van der Waals surface area contributed by atoms with Crippen molar-refractivity contribution in [1.82, 2.24) is 0 Å². The first-order valence-corrected chi connectivity index (χ1v) is 11.0. The molecule has 0 aromatic heterocycles. The Morgan fingerprint density at radius 3 is 2.12 bits per heavy atom. The topological polar surface area (TPSA) is 59.6 Å². The fourth-order valence-electron chi connectivity index (χ4n) is 3.01. The molecule has 0 radical (unpaired) electrons. The van der Waals surface area contributed by atoms with Crippen molar-refractivity contribution in [3.8, 4) is 0 Å². The van der Waals surface area contributed by atoms with E-state index in [1.54, 1.807) is 18.2 Å². The van der Waals surface area contributed by atoms with Gasteiger partial charge in [-0.1, -0.05) is 38.4 Å². The number of rotatable bonds is 4. The summed E-state index contributed by atoms with van der Waals surface area (Å²) in [6.07, 6.45) is 0.755. The van der Waals surface area contributed by atoms with Gasteiger partial charge < -0.3 is 19.9 Å². The Kier molecular flexibility index (Phi) is 8.31. The second kappa shape index (κ2) is 10.2. The van der Waals surface area contributed by atoms with Gasteiger partial charge in [0.15, 0.2) is 0 Å². The number of anilines is 2. The van der Waals surface area contributed by atoms with Gasteiger partial charge in [0.05, 0.1) is 16.9 Å². The van der Waals surface area contributed by atoms with Crippen molar-refractivity contribution in [3.05, 3.63) is 52.6 Å². The SMILES string of the molecule is CC.CCc1ccc(NC(=O)Nc2cc(F)c(B3OC(C)(C)C(C)(C)O3)cc2F)cc1Cl. The summed E-state index contributed by atoms with van der Waals surface area (Å²) >= 11 is 6.13. The lowest BCUT2D eigenvalue weighted by atomic mass is 9.78. The van der Waals surface area contributed by atoms with Crippen molar-refractivity contribution in [3.63, 3.8) is 0 Å². The minimum Gasteiger partial charge on any atom is -0.399 e. The summed E-state index contributed by atoms with van der Waals surface area (Å²) in [5.41, 5.74) is -0.378. The first kappa shape index (κ1) is 26.1. The summed E-state index contributed by atoms with van der Waals surface area (Å²) in [6, 6.07) is 6.22. The molecule has 1 heterocycles. The van der Waals surface area contributed by atoms with Crippen molar-refractivity contribution in [2.75, 3.05) is 10.6 Å². The third-order valence-corrected chi connectivity index (χ3v) is 5.89. The molecule has 9 heteroatoms. The fourth-order valence-corrected chi connectivity index (χ4v) is 3.32. The van der Waals surface area contributed by atoms with E-state index < -0.39 is 36.0 Å². The molecular weight excluding hydrogens is 437 g/mol. The lowest BCUT2D eigenvalue weighted by Crippen LogP contribution is -2.41. The van der Waals surface area contributed by atoms with E-state index in [1.807, 2.05) is 48.5 Å². The van der Waals surface area contributed by atoms with Crippen LogP contribution in [0.4, 0.5) is 25.0 Å². The van der Waals surface area contributed by atoms with E-state index in [9.17, 15) is 13.6 Å². The van der Waals surface area contributed by atoms with Gasteiger partial charge in [0.1, 0.15) is 11.6 Å². The number of aryl methyl sites for hydroxylation is 1. The Labute approximate surface area is 194 Å². The largest absolute Gasteiger partial charge is 0.497 e. The van der Waals surface area contributed by atoms with Crippen LogP contribution in [0.5, 0.6) is 0 Å². The van der Waals surface area contributed by atoms with Crippen molar-refractivity contribution in [2.24, 2.45) is 0 Å². The zero-order valence-corrected chi connectivity index (χ0v) is 20.3. The standard InChI is InChI=1S/C21H24BClF2N2O3.C2H6/c1-6-12-7-8-13(9-15(12)23)26-19(28)27-18-11-16(24)14(10-17(18)25)22-29-20(2,3)21(4,5)30-22;1-2/h7-11H,6H2,1-5H3,(H2,26,27,28);1-2H3. The van der Waals surface area contributed by atoms with Gasteiger partial charge in [-0.2, -0.15) is 0 Å². The molecule has 1 fully saturated rings. The quantitative estimate of drug-likeness (QED) is 0.531. The molecule has 2 N–H and O–H groups in total. The molecule has 0 bridgehead atoms. The lowest BCUT2D eigenvalue weighted by molar-refractivity contribution is 0.00578. The third kappa shape index (κ3) is 5.60. The Morgan fingerprint density at radius 1 is 1.00 bits per heavy atom. The van der Waals surface area contributed by atoms with Crippen LogP contribution in [-0.2, 0) is 15.7 Å². The maximum absolute atomic E-state index is 14.7. The van der Waals surface area contributed by atoms with Crippen LogP contribution in [0, 0.1) is 11.6 Å². The van der Waals surface area contributed by atoms with Crippen LogP contribution >= 0.6 is 11.6 Å². The second-order valence-electron chi connectivity index (χ2n) is 8.18. The molecule has 5 nitrogen and oxygen atoms in total. The maximum Gasteiger partial charge on any atom is 0.497 e. The van der Waals surface area contributed by atoms with Crippen LogP contribution in [0.25, 0.3) is 0 Å². The zero-order chi connectivity index (χ0) is 24.3. The smallest absolute Gasteiger partial charge is 0.399 e. The molecule has 0 atom stereocenters. The monoisotopic (exact) mass is 466 g/mol. The molecule has 0 saturated carbocycles. The predicted molar refractivity (Wildman–Crippen MR) is 127 cm³/mol. The highest BCUT2D eigenvalue weighted by molar-refractivity contribution is 6.62. The van der Waals surface area contributed by atoms with E-state index in [0.717, 1.165) is 24.1 Å². The van der Waals surface area contributed by atoms with Crippen LogP contribution in [0.3, 0.4) is 0 Å². The summed E-state index contributed by atoms with van der Waals surface area (Å²) in [5, 5.41) is 5.37. The molecule has 1 saturated heterocycles. The van der Waals surface area contributed by atoms with E-state index in [4.69, 9.17) is 20.9 Å². The van der Waals surface area contributed by atoms with E-state index >= 15 is 0 Å². The molecule has 0 spiro atoms. The Morgan fingerprint density at radius 2 is 1.59 bits per heavy atom. The summed E-state index contributed by atoms with van der Waals surface area (Å²) < 4.78 is 40.8. The first-order chi connectivity index (χ1) is 14.9. The number of benzene rings is 2. The molecule has 2 aromatic carbocycles. The van der Waals surface area contributed by atoms with Gasteiger partial charge >= 0.3 is 13.1 Å². The summed E-state index contributed by atoms with van der Waals surface area (Å²) in [5.74, 6) is -1.56. The predicted octanol–water partition coefficient (Wildman–Crippen LogP) is 6.15. The van der Waals surface area contributed by atoms with Gasteiger partial charge in [-0.05, 0) is 57.9 Å². The molecule has 0 aliphatic carbocycles. The van der Waals surface area contributed by atoms with E-state index in [-0.39, 0.29) is 11.2 Å². The molecule has 2 amide bonds. The number of hydrogen-bond donors (Lipinski definition) is 2. The molecule has 1 aliphatic rings. The zero-order valence-electron chi connectivity index (χ0n) is 19.5. The van der Waals surface area contributed by atoms with Gasteiger partial charge in [0, 0.05) is 22.2 Å². The Bertz CT molecular complexity index is 970. The number of nitrogens with one attached hydrogen (secondary N) is 2. The van der Waals surface area contributed by atoms with Crippen LogP contribution in [-0.4, -0.2) is 24.4 Å². The van der Waals surface area contributed by atoms with Crippen molar-refractivity contribution >= 4 is 41.6 Å². The average Bonchev–Trinajstić information content (AvgIpc) is 2.93. The average molecular weight is 467 g/mol. The first-order valence-electron chi connectivity index (χ1n) is 10.6. The number of hydrogen-bond acceptors (Lipinski definition) is 3. The highest BCUT2D eigenvalue weighted by atomic mass is 35.5. The van der Waals surface area contributed by atoms with Crippen molar-refractivity contribution in [1.29, 1.82) is 0 Å². The van der Waals surface area contributed by atoms with E-state index in [0.29, 0.717) is 10.7 Å². The summed E-state index contributed by atoms with van der Waals surface area (Å²) in [4.78, 5) is 12.2. The summed E-state index contributed by atoms with van der Waals surface area (Å²) in [6.45, 7) is 13.2. The molecular formula is C23H30BClF2N2O3.